The molecule has 0 aliphatic carbocycles. The Balaban J connectivity index is 1.61. The molecule has 0 radical (unpaired) electrons. The van der Waals surface area contributed by atoms with Crippen LogP contribution in [0.2, 0.25) is 0 Å². The summed E-state index contributed by atoms with van der Waals surface area (Å²) < 4.78 is 18.3. The van der Waals surface area contributed by atoms with Crippen LogP contribution in [0.4, 0.5) is 4.39 Å². The van der Waals surface area contributed by atoms with Crippen molar-refractivity contribution in [3.63, 3.8) is 0 Å². The lowest BCUT2D eigenvalue weighted by Crippen LogP contribution is -2.56. The SMILES string of the molecule is COc1ccc(CN2CCNC(=O)C2CC(=O)NCc2ccc(F)cc2)cc1C. The lowest BCUT2D eigenvalue weighted by molar-refractivity contribution is -0.134. The summed E-state index contributed by atoms with van der Waals surface area (Å²) in [6.45, 7) is 4.08. The van der Waals surface area contributed by atoms with Crippen LogP contribution in [0.3, 0.4) is 0 Å². The van der Waals surface area contributed by atoms with Gasteiger partial charge in [-0.05, 0) is 41.8 Å². The van der Waals surface area contributed by atoms with Gasteiger partial charge in [0, 0.05) is 26.2 Å². The Hall–Kier alpha value is -2.93. The molecule has 1 aliphatic heterocycles. The van der Waals surface area contributed by atoms with Gasteiger partial charge in [0.25, 0.3) is 0 Å². The number of benzene rings is 2. The van der Waals surface area contributed by atoms with Crippen LogP contribution < -0.4 is 15.4 Å². The second kappa shape index (κ2) is 9.52. The maximum Gasteiger partial charge on any atom is 0.237 e. The Morgan fingerprint density at radius 3 is 2.66 bits per heavy atom. The third kappa shape index (κ3) is 5.54. The number of methoxy groups -OCH3 is 1. The van der Waals surface area contributed by atoms with E-state index < -0.39 is 6.04 Å². The molecule has 1 atom stereocenters. The van der Waals surface area contributed by atoms with E-state index in [1.165, 1.54) is 12.1 Å². The van der Waals surface area contributed by atoms with Gasteiger partial charge in [0.15, 0.2) is 0 Å². The van der Waals surface area contributed by atoms with E-state index in [-0.39, 0.29) is 24.1 Å². The first-order valence-electron chi connectivity index (χ1n) is 9.62. The number of carbonyl (C=O) groups is 2. The van der Waals surface area contributed by atoms with E-state index in [2.05, 4.69) is 10.6 Å². The third-order valence-electron chi connectivity index (χ3n) is 5.07. The lowest BCUT2D eigenvalue weighted by Gasteiger charge is -2.34. The van der Waals surface area contributed by atoms with Gasteiger partial charge in [0.1, 0.15) is 11.6 Å². The normalized spacial score (nSPS) is 16.9. The molecule has 6 nitrogen and oxygen atoms in total. The molecule has 0 saturated carbocycles. The number of carbonyl (C=O) groups excluding carboxylic acids is 2. The number of hydrogen-bond acceptors (Lipinski definition) is 4. The van der Waals surface area contributed by atoms with Crippen LogP contribution in [0, 0.1) is 12.7 Å². The molecule has 0 spiro atoms. The molecule has 3 rings (SSSR count). The number of nitrogens with one attached hydrogen (secondary N) is 2. The minimum absolute atomic E-state index is 0.0716. The smallest absolute Gasteiger partial charge is 0.237 e. The van der Waals surface area contributed by atoms with Gasteiger partial charge in [-0.25, -0.2) is 4.39 Å². The molecule has 1 aliphatic rings. The number of aryl methyl sites for hydroxylation is 1. The standard InChI is InChI=1S/C22H26FN3O3/c1-15-11-17(5-8-20(15)29-2)14-26-10-9-24-22(28)19(26)12-21(27)25-13-16-3-6-18(23)7-4-16/h3-8,11,19H,9-10,12-14H2,1-2H3,(H,24,28)(H,25,27). The quantitative estimate of drug-likeness (QED) is 0.749. The molecule has 1 unspecified atom stereocenters. The van der Waals surface area contributed by atoms with Crippen molar-refractivity contribution in [1.82, 2.24) is 15.5 Å². The third-order valence-corrected chi connectivity index (χ3v) is 5.07. The summed E-state index contributed by atoms with van der Waals surface area (Å²) in [4.78, 5) is 26.9. The van der Waals surface area contributed by atoms with Crippen LogP contribution in [0.5, 0.6) is 5.75 Å². The maximum absolute atomic E-state index is 13.0. The van der Waals surface area contributed by atoms with Crippen molar-refractivity contribution in [2.45, 2.75) is 32.5 Å². The molecule has 0 bridgehead atoms. The molecular weight excluding hydrogens is 373 g/mol. The molecule has 1 saturated heterocycles. The van der Waals surface area contributed by atoms with E-state index in [1.807, 2.05) is 30.0 Å². The number of amides is 2. The van der Waals surface area contributed by atoms with Crippen molar-refractivity contribution in [3.8, 4) is 5.75 Å². The van der Waals surface area contributed by atoms with Gasteiger partial charge >= 0.3 is 0 Å². The fourth-order valence-electron chi connectivity index (χ4n) is 3.50. The van der Waals surface area contributed by atoms with Gasteiger partial charge in [0.2, 0.25) is 11.8 Å². The van der Waals surface area contributed by atoms with E-state index in [9.17, 15) is 14.0 Å². The monoisotopic (exact) mass is 399 g/mol. The van der Waals surface area contributed by atoms with Crippen LogP contribution in [0.25, 0.3) is 0 Å². The van der Waals surface area contributed by atoms with Crippen molar-refractivity contribution in [2.24, 2.45) is 0 Å². The van der Waals surface area contributed by atoms with E-state index in [0.29, 0.717) is 26.2 Å². The molecule has 2 amide bonds. The lowest BCUT2D eigenvalue weighted by atomic mass is 10.0. The summed E-state index contributed by atoms with van der Waals surface area (Å²) in [6, 6.07) is 11.4. The van der Waals surface area contributed by atoms with Crippen molar-refractivity contribution in [2.75, 3.05) is 20.2 Å². The summed E-state index contributed by atoms with van der Waals surface area (Å²) >= 11 is 0. The highest BCUT2D eigenvalue weighted by Crippen LogP contribution is 2.21. The number of ether oxygens (including phenoxy) is 1. The van der Waals surface area contributed by atoms with Crippen LogP contribution in [0.15, 0.2) is 42.5 Å². The van der Waals surface area contributed by atoms with Crippen LogP contribution in [-0.2, 0) is 22.7 Å². The summed E-state index contributed by atoms with van der Waals surface area (Å²) in [6.07, 6.45) is 0.0716. The minimum Gasteiger partial charge on any atom is -0.496 e. The number of hydrogen-bond donors (Lipinski definition) is 2. The summed E-state index contributed by atoms with van der Waals surface area (Å²) in [5.74, 6) is 0.149. The first-order valence-corrected chi connectivity index (χ1v) is 9.62. The van der Waals surface area contributed by atoms with Gasteiger partial charge in [0.05, 0.1) is 19.6 Å². The Labute approximate surface area is 170 Å². The zero-order chi connectivity index (χ0) is 20.8. The molecule has 154 valence electrons. The van der Waals surface area contributed by atoms with Crippen molar-refractivity contribution < 1.29 is 18.7 Å². The predicted octanol–water partition coefficient (Wildman–Crippen LogP) is 2.15. The second-order valence-electron chi connectivity index (χ2n) is 7.19. The highest BCUT2D eigenvalue weighted by Gasteiger charge is 2.31. The Morgan fingerprint density at radius 1 is 1.24 bits per heavy atom. The number of nitrogens with zero attached hydrogens (tertiary/aromatic N) is 1. The van der Waals surface area contributed by atoms with E-state index >= 15 is 0 Å². The average molecular weight is 399 g/mol. The van der Waals surface area contributed by atoms with Gasteiger partial charge in [-0.3, -0.25) is 14.5 Å². The van der Waals surface area contributed by atoms with E-state index in [0.717, 1.165) is 22.4 Å². The van der Waals surface area contributed by atoms with Gasteiger partial charge in [-0.2, -0.15) is 0 Å². The van der Waals surface area contributed by atoms with Gasteiger partial charge in [-0.15, -0.1) is 0 Å². The fraction of sp³-hybridized carbons (Fsp3) is 0.364. The molecule has 1 fully saturated rings. The minimum atomic E-state index is -0.528. The Bertz CT molecular complexity index is 870. The average Bonchev–Trinajstić information content (AvgIpc) is 2.70. The largest absolute Gasteiger partial charge is 0.496 e. The number of piperazine rings is 1. The molecule has 7 heteroatoms. The molecule has 2 N–H and O–H groups in total. The highest BCUT2D eigenvalue weighted by molar-refractivity contribution is 5.88. The summed E-state index contributed by atoms with van der Waals surface area (Å²) in [5, 5.41) is 5.65. The van der Waals surface area contributed by atoms with Gasteiger partial charge < -0.3 is 15.4 Å². The van der Waals surface area contributed by atoms with Crippen LogP contribution in [-0.4, -0.2) is 43.0 Å². The van der Waals surface area contributed by atoms with Crippen molar-refractivity contribution in [1.29, 1.82) is 0 Å². The molecule has 2 aromatic rings. The molecule has 29 heavy (non-hydrogen) atoms. The molecule has 1 heterocycles. The first-order chi connectivity index (χ1) is 14.0. The molecule has 0 aromatic heterocycles. The van der Waals surface area contributed by atoms with E-state index in [4.69, 9.17) is 4.74 Å². The van der Waals surface area contributed by atoms with Crippen molar-refractivity contribution >= 4 is 11.8 Å². The second-order valence-corrected chi connectivity index (χ2v) is 7.19. The molecular formula is C22H26FN3O3. The molecule has 2 aromatic carbocycles. The van der Waals surface area contributed by atoms with Crippen LogP contribution in [0.1, 0.15) is 23.1 Å². The Kier molecular flexibility index (Phi) is 6.82. The highest BCUT2D eigenvalue weighted by atomic mass is 19.1. The number of rotatable bonds is 7. The zero-order valence-electron chi connectivity index (χ0n) is 16.7. The number of halogens is 1. The first kappa shape index (κ1) is 20.8. The van der Waals surface area contributed by atoms with E-state index in [1.54, 1.807) is 19.2 Å². The maximum atomic E-state index is 13.0. The predicted molar refractivity (Wildman–Crippen MR) is 108 cm³/mol. The summed E-state index contributed by atoms with van der Waals surface area (Å²) in [5.41, 5.74) is 2.90. The summed E-state index contributed by atoms with van der Waals surface area (Å²) in [7, 11) is 1.64. The topological polar surface area (TPSA) is 70.7 Å². The van der Waals surface area contributed by atoms with Crippen LogP contribution >= 0.6 is 0 Å². The fourth-order valence-corrected chi connectivity index (χ4v) is 3.50. The Morgan fingerprint density at radius 2 is 1.97 bits per heavy atom. The van der Waals surface area contributed by atoms with Crippen molar-refractivity contribution in [3.05, 3.63) is 65.0 Å². The zero-order valence-corrected chi connectivity index (χ0v) is 16.7. The van der Waals surface area contributed by atoms with Gasteiger partial charge in [-0.1, -0.05) is 24.3 Å².